The standard InChI is InChI=1S/C13H15N3O2/c17-12-5-7-16(13(18)15-12)10-3-4-11-9(8-10)2-1-6-14-11/h3-4,8,14H,1-2,5-7H2,(H,15,17,18). The van der Waals surface area contributed by atoms with Crippen molar-refractivity contribution in [3.63, 3.8) is 0 Å². The van der Waals surface area contributed by atoms with E-state index >= 15 is 0 Å². The van der Waals surface area contributed by atoms with Crippen LogP contribution in [0.2, 0.25) is 0 Å². The van der Waals surface area contributed by atoms with E-state index in [0.29, 0.717) is 13.0 Å². The highest BCUT2D eigenvalue weighted by atomic mass is 16.2. The zero-order chi connectivity index (χ0) is 12.5. The van der Waals surface area contributed by atoms with E-state index in [1.165, 1.54) is 5.56 Å². The smallest absolute Gasteiger partial charge is 0.328 e. The summed E-state index contributed by atoms with van der Waals surface area (Å²) in [7, 11) is 0. The number of fused-ring (bicyclic) bond motifs is 1. The van der Waals surface area contributed by atoms with E-state index in [-0.39, 0.29) is 11.9 Å². The SMILES string of the molecule is O=C1CCN(c2ccc3c(c2)CCCN3)C(=O)N1. The summed E-state index contributed by atoms with van der Waals surface area (Å²) < 4.78 is 0. The number of benzene rings is 1. The molecule has 3 amide bonds. The molecular formula is C13H15N3O2. The summed E-state index contributed by atoms with van der Waals surface area (Å²) in [6.07, 6.45) is 2.51. The molecule has 0 radical (unpaired) electrons. The zero-order valence-corrected chi connectivity index (χ0v) is 10.0. The number of rotatable bonds is 1. The number of amides is 3. The minimum absolute atomic E-state index is 0.198. The lowest BCUT2D eigenvalue weighted by Gasteiger charge is -2.28. The normalized spacial score (nSPS) is 19.0. The molecule has 1 saturated heterocycles. The molecule has 1 fully saturated rings. The van der Waals surface area contributed by atoms with Gasteiger partial charge in [-0.1, -0.05) is 0 Å². The summed E-state index contributed by atoms with van der Waals surface area (Å²) in [6, 6.07) is 5.65. The van der Waals surface area contributed by atoms with Gasteiger partial charge in [0, 0.05) is 30.9 Å². The maximum Gasteiger partial charge on any atom is 0.328 e. The molecule has 3 rings (SSSR count). The van der Waals surface area contributed by atoms with Crippen molar-refractivity contribution in [1.29, 1.82) is 0 Å². The number of hydrogen-bond donors (Lipinski definition) is 2. The third kappa shape index (κ3) is 1.92. The second-order valence-electron chi connectivity index (χ2n) is 4.63. The van der Waals surface area contributed by atoms with E-state index < -0.39 is 0 Å². The predicted octanol–water partition coefficient (Wildman–Crippen LogP) is 1.49. The Kier molecular flexibility index (Phi) is 2.66. The zero-order valence-electron chi connectivity index (χ0n) is 10.0. The second kappa shape index (κ2) is 4.33. The molecular weight excluding hydrogens is 230 g/mol. The fourth-order valence-electron chi connectivity index (χ4n) is 2.44. The van der Waals surface area contributed by atoms with Crippen molar-refractivity contribution < 1.29 is 9.59 Å². The summed E-state index contributed by atoms with van der Waals surface area (Å²) in [5, 5.41) is 5.68. The van der Waals surface area contributed by atoms with Gasteiger partial charge in [-0.25, -0.2) is 4.79 Å². The maximum atomic E-state index is 11.8. The fourth-order valence-corrected chi connectivity index (χ4v) is 2.44. The predicted molar refractivity (Wildman–Crippen MR) is 68.8 cm³/mol. The van der Waals surface area contributed by atoms with Crippen LogP contribution in [0.4, 0.5) is 16.2 Å². The molecule has 1 aromatic rings. The first-order valence-electron chi connectivity index (χ1n) is 6.22. The highest BCUT2D eigenvalue weighted by Gasteiger charge is 2.24. The van der Waals surface area contributed by atoms with Crippen LogP contribution in [-0.2, 0) is 11.2 Å². The molecule has 2 aliphatic rings. The van der Waals surface area contributed by atoms with Crippen LogP contribution in [0.25, 0.3) is 0 Å². The van der Waals surface area contributed by atoms with Crippen LogP contribution in [-0.4, -0.2) is 25.0 Å². The summed E-state index contributed by atoms with van der Waals surface area (Å²) >= 11 is 0. The summed E-state index contributed by atoms with van der Waals surface area (Å²) in [5.41, 5.74) is 3.25. The van der Waals surface area contributed by atoms with Gasteiger partial charge in [0.05, 0.1) is 0 Å². The van der Waals surface area contributed by atoms with Crippen LogP contribution in [0.5, 0.6) is 0 Å². The van der Waals surface area contributed by atoms with Crippen molar-refractivity contribution in [3.8, 4) is 0 Å². The van der Waals surface area contributed by atoms with Crippen LogP contribution in [0.3, 0.4) is 0 Å². The number of aryl methyl sites for hydroxylation is 1. The molecule has 0 bridgehead atoms. The number of nitrogens with one attached hydrogen (secondary N) is 2. The third-order valence-electron chi connectivity index (χ3n) is 3.39. The first-order chi connectivity index (χ1) is 8.74. The third-order valence-corrected chi connectivity index (χ3v) is 3.39. The number of imide groups is 1. The van der Waals surface area contributed by atoms with Crippen LogP contribution >= 0.6 is 0 Å². The van der Waals surface area contributed by atoms with Crippen molar-refractivity contribution in [2.24, 2.45) is 0 Å². The lowest BCUT2D eigenvalue weighted by atomic mass is 10.0. The molecule has 0 aromatic heterocycles. The van der Waals surface area contributed by atoms with Crippen LogP contribution in [0, 0.1) is 0 Å². The molecule has 94 valence electrons. The van der Waals surface area contributed by atoms with Gasteiger partial charge in [-0.15, -0.1) is 0 Å². The number of anilines is 2. The molecule has 0 aliphatic carbocycles. The highest BCUT2D eigenvalue weighted by molar-refractivity contribution is 6.05. The Morgan fingerprint density at radius 2 is 2.06 bits per heavy atom. The van der Waals surface area contributed by atoms with Gasteiger partial charge in [-0.2, -0.15) is 0 Å². The number of nitrogens with zero attached hydrogens (tertiary/aromatic N) is 1. The molecule has 0 unspecified atom stereocenters. The maximum absolute atomic E-state index is 11.8. The van der Waals surface area contributed by atoms with E-state index in [0.717, 1.165) is 30.8 Å². The van der Waals surface area contributed by atoms with Crippen LogP contribution < -0.4 is 15.5 Å². The van der Waals surface area contributed by atoms with Gasteiger partial charge in [0.25, 0.3) is 0 Å². The quantitative estimate of drug-likeness (QED) is 0.788. The van der Waals surface area contributed by atoms with Crippen LogP contribution in [0.1, 0.15) is 18.4 Å². The number of urea groups is 1. The fraction of sp³-hybridized carbons (Fsp3) is 0.385. The lowest BCUT2D eigenvalue weighted by molar-refractivity contribution is -0.120. The number of carbonyl (C=O) groups is 2. The van der Waals surface area contributed by atoms with Gasteiger partial charge in [0.15, 0.2) is 0 Å². The first kappa shape index (κ1) is 11.1. The topological polar surface area (TPSA) is 61.4 Å². The highest BCUT2D eigenvalue weighted by Crippen LogP contribution is 2.27. The van der Waals surface area contributed by atoms with E-state index in [1.54, 1.807) is 4.90 Å². The average Bonchev–Trinajstić information content (AvgIpc) is 2.38. The molecule has 2 N–H and O–H groups in total. The first-order valence-corrected chi connectivity index (χ1v) is 6.22. The molecule has 1 aromatic carbocycles. The van der Waals surface area contributed by atoms with Gasteiger partial charge in [-0.05, 0) is 36.6 Å². The van der Waals surface area contributed by atoms with Gasteiger partial charge < -0.3 is 5.32 Å². The second-order valence-corrected chi connectivity index (χ2v) is 4.63. The van der Waals surface area contributed by atoms with Crippen molar-refractivity contribution in [2.45, 2.75) is 19.3 Å². The minimum Gasteiger partial charge on any atom is -0.385 e. The summed E-state index contributed by atoms with van der Waals surface area (Å²) in [4.78, 5) is 24.5. The molecule has 0 atom stereocenters. The Morgan fingerprint density at radius 3 is 2.89 bits per heavy atom. The van der Waals surface area contributed by atoms with Crippen molar-refractivity contribution in [3.05, 3.63) is 23.8 Å². The van der Waals surface area contributed by atoms with Gasteiger partial charge >= 0.3 is 6.03 Å². The Balaban J connectivity index is 1.88. The molecule has 5 nitrogen and oxygen atoms in total. The number of hydrogen-bond acceptors (Lipinski definition) is 3. The molecule has 5 heteroatoms. The van der Waals surface area contributed by atoms with E-state index in [2.05, 4.69) is 10.6 Å². The summed E-state index contributed by atoms with van der Waals surface area (Å²) in [6.45, 7) is 1.46. The van der Waals surface area contributed by atoms with Crippen molar-refractivity contribution >= 4 is 23.3 Å². The average molecular weight is 245 g/mol. The lowest BCUT2D eigenvalue weighted by Crippen LogP contribution is -2.49. The Hall–Kier alpha value is -2.04. The monoisotopic (exact) mass is 245 g/mol. The Bertz CT molecular complexity index is 513. The van der Waals surface area contributed by atoms with Crippen LogP contribution in [0.15, 0.2) is 18.2 Å². The minimum atomic E-state index is -0.324. The van der Waals surface area contributed by atoms with Gasteiger partial charge in [0.2, 0.25) is 5.91 Å². The van der Waals surface area contributed by atoms with Crippen molar-refractivity contribution in [1.82, 2.24) is 5.32 Å². The molecule has 2 heterocycles. The van der Waals surface area contributed by atoms with Crippen molar-refractivity contribution in [2.75, 3.05) is 23.3 Å². The van der Waals surface area contributed by atoms with E-state index in [9.17, 15) is 9.59 Å². The van der Waals surface area contributed by atoms with E-state index in [4.69, 9.17) is 0 Å². The Morgan fingerprint density at radius 1 is 1.17 bits per heavy atom. The number of carbonyl (C=O) groups excluding carboxylic acids is 2. The van der Waals surface area contributed by atoms with Gasteiger partial charge in [0.1, 0.15) is 0 Å². The Labute approximate surface area is 105 Å². The molecule has 0 spiro atoms. The molecule has 2 aliphatic heterocycles. The van der Waals surface area contributed by atoms with E-state index in [1.807, 2.05) is 18.2 Å². The van der Waals surface area contributed by atoms with Gasteiger partial charge in [-0.3, -0.25) is 15.0 Å². The summed E-state index contributed by atoms with van der Waals surface area (Å²) in [5.74, 6) is -0.198. The molecule has 18 heavy (non-hydrogen) atoms. The molecule has 0 saturated carbocycles. The largest absolute Gasteiger partial charge is 0.385 e.